The minimum absolute atomic E-state index is 0.0308. The number of aryl methyl sites for hydroxylation is 2. The van der Waals surface area contributed by atoms with Gasteiger partial charge in [0.05, 0.1) is 0 Å². The van der Waals surface area contributed by atoms with Crippen LogP contribution in [0.25, 0.3) is 0 Å². The lowest BCUT2D eigenvalue weighted by Crippen LogP contribution is -2.43. The number of nitrogens with one attached hydrogen (secondary N) is 1. The van der Waals surface area contributed by atoms with E-state index in [1.165, 1.54) is 15.6 Å². The van der Waals surface area contributed by atoms with E-state index in [1.807, 2.05) is 30.3 Å². The van der Waals surface area contributed by atoms with Gasteiger partial charge in [0, 0.05) is 13.0 Å². The molecule has 0 radical (unpaired) electrons. The molecule has 1 aliphatic heterocycles. The van der Waals surface area contributed by atoms with Gasteiger partial charge in [-0.1, -0.05) is 46.8 Å². The SMILES string of the molecule is Cc1noc(C)c1S(=O)(=O)N1CCC[C@@H]1C(=O)Nc1nnc(Cc2ccccc2)s1. The van der Waals surface area contributed by atoms with E-state index in [9.17, 15) is 13.2 Å². The highest BCUT2D eigenvalue weighted by Crippen LogP contribution is 2.30. The van der Waals surface area contributed by atoms with Crippen LogP contribution < -0.4 is 5.32 Å². The van der Waals surface area contributed by atoms with Gasteiger partial charge < -0.3 is 4.52 Å². The van der Waals surface area contributed by atoms with Gasteiger partial charge in [0.15, 0.2) is 5.76 Å². The zero-order valence-electron chi connectivity index (χ0n) is 16.5. The summed E-state index contributed by atoms with van der Waals surface area (Å²) in [5, 5.41) is 15.7. The number of amides is 1. The molecule has 1 fully saturated rings. The Morgan fingerprint density at radius 1 is 1.27 bits per heavy atom. The monoisotopic (exact) mass is 447 g/mol. The zero-order chi connectivity index (χ0) is 21.3. The quantitative estimate of drug-likeness (QED) is 0.617. The molecule has 0 saturated carbocycles. The molecule has 0 unspecified atom stereocenters. The van der Waals surface area contributed by atoms with E-state index >= 15 is 0 Å². The van der Waals surface area contributed by atoms with Crippen molar-refractivity contribution in [1.29, 1.82) is 0 Å². The van der Waals surface area contributed by atoms with E-state index in [0.29, 0.717) is 24.4 Å². The van der Waals surface area contributed by atoms with Crippen molar-refractivity contribution in [3.8, 4) is 0 Å². The molecule has 1 aromatic carbocycles. The first-order valence-corrected chi connectivity index (χ1v) is 11.7. The molecule has 0 spiro atoms. The molecule has 9 nitrogen and oxygen atoms in total. The summed E-state index contributed by atoms with van der Waals surface area (Å²) in [5.74, 6) is -0.196. The van der Waals surface area contributed by atoms with Crippen molar-refractivity contribution in [2.24, 2.45) is 0 Å². The summed E-state index contributed by atoms with van der Waals surface area (Å²) < 4.78 is 32.5. The molecule has 1 aliphatic rings. The summed E-state index contributed by atoms with van der Waals surface area (Å²) in [7, 11) is -3.90. The molecule has 3 heterocycles. The molecule has 30 heavy (non-hydrogen) atoms. The summed E-state index contributed by atoms with van der Waals surface area (Å²) in [6, 6.07) is 9.02. The van der Waals surface area contributed by atoms with Crippen LogP contribution in [0, 0.1) is 13.8 Å². The molecule has 2 aromatic heterocycles. The Morgan fingerprint density at radius 3 is 2.73 bits per heavy atom. The first-order valence-electron chi connectivity index (χ1n) is 9.48. The van der Waals surface area contributed by atoms with Gasteiger partial charge in [-0.3, -0.25) is 10.1 Å². The Bertz CT molecular complexity index is 1140. The van der Waals surface area contributed by atoms with Crippen LogP contribution in [0.2, 0.25) is 0 Å². The van der Waals surface area contributed by atoms with Crippen molar-refractivity contribution in [1.82, 2.24) is 19.7 Å². The third kappa shape index (κ3) is 4.00. The highest BCUT2D eigenvalue weighted by atomic mass is 32.2. The van der Waals surface area contributed by atoms with Gasteiger partial charge in [-0.15, -0.1) is 10.2 Å². The topological polar surface area (TPSA) is 118 Å². The Hall–Kier alpha value is -2.63. The lowest BCUT2D eigenvalue weighted by atomic mass is 10.2. The average molecular weight is 448 g/mol. The number of hydrogen-bond donors (Lipinski definition) is 1. The fraction of sp³-hybridized carbons (Fsp3) is 0.368. The normalized spacial score (nSPS) is 17.3. The van der Waals surface area contributed by atoms with Crippen molar-refractivity contribution in [2.75, 3.05) is 11.9 Å². The van der Waals surface area contributed by atoms with Crippen molar-refractivity contribution < 1.29 is 17.7 Å². The molecular formula is C19H21N5O4S2. The van der Waals surface area contributed by atoms with Crippen molar-refractivity contribution >= 4 is 32.4 Å². The van der Waals surface area contributed by atoms with E-state index < -0.39 is 22.0 Å². The summed E-state index contributed by atoms with van der Waals surface area (Å²) in [4.78, 5) is 12.9. The van der Waals surface area contributed by atoms with E-state index in [0.717, 1.165) is 10.6 Å². The number of benzene rings is 1. The molecule has 1 amide bonds. The molecule has 0 aliphatic carbocycles. The number of sulfonamides is 1. The van der Waals surface area contributed by atoms with Crippen molar-refractivity contribution in [3.63, 3.8) is 0 Å². The van der Waals surface area contributed by atoms with Gasteiger partial charge >= 0.3 is 0 Å². The maximum atomic E-state index is 13.1. The van der Waals surface area contributed by atoms with Crippen molar-refractivity contribution in [3.05, 3.63) is 52.4 Å². The van der Waals surface area contributed by atoms with E-state index in [4.69, 9.17) is 4.52 Å². The fourth-order valence-electron chi connectivity index (χ4n) is 3.58. The lowest BCUT2D eigenvalue weighted by molar-refractivity contribution is -0.119. The Balaban J connectivity index is 1.48. The number of nitrogens with zero attached hydrogens (tertiary/aromatic N) is 4. The molecule has 1 atom stereocenters. The van der Waals surface area contributed by atoms with Gasteiger partial charge in [-0.25, -0.2) is 8.42 Å². The van der Waals surface area contributed by atoms with Crippen LogP contribution in [0.3, 0.4) is 0 Å². The van der Waals surface area contributed by atoms with Crippen LogP contribution in [-0.4, -0.2) is 46.6 Å². The van der Waals surface area contributed by atoms with Crippen LogP contribution in [0.15, 0.2) is 39.8 Å². The van der Waals surface area contributed by atoms with Crippen LogP contribution in [0.4, 0.5) is 5.13 Å². The Kier molecular flexibility index (Phi) is 5.67. The van der Waals surface area contributed by atoms with E-state index in [2.05, 4.69) is 20.7 Å². The Morgan fingerprint density at radius 2 is 2.03 bits per heavy atom. The maximum absolute atomic E-state index is 13.1. The van der Waals surface area contributed by atoms with Crippen LogP contribution in [0.5, 0.6) is 0 Å². The maximum Gasteiger partial charge on any atom is 0.249 e. The number of hydrogen-bond acceptors (Lipinski definition) is 8. The predicted molar refractivity (Wildman–Crippen MR) is 111 cm³/mol. The van der Waals surface area contributed by atoms with Gasteiger partial charge in [0.1, 0.15) is 21.6 Å². The number of carbonyl (C=O) groups excluding carboxylic acids is 1. The fourth-order valence-corrected chi connectivity index (χ4v) is 6.31. The minimum Gasteiger partial charge on any atom is -0.360 e. The predicted octanol–water partition coefficient (Wildman–Crippen LogP) is 2.53. The number of aromatic nitrogens is 3. The molecule has 158 valence electrons. The third-order valence-corrected chi connectivity index (χ3v) is 7.93. The highest BCUT2D eigenvalue weighted by Gasteiger charge is 2.42. The number of rotatable bonds is 6. The van der Waals surface area contributed by atoms with Gasteiger partial charge in [-0.2, -0.15) is 4.31 Å². The van der Waals surface area contributed by atoms with Crippen LogP contribution >= 0.6 is 11.3 Å². The summed E-state index contributed by atoms with van der Waals surface area (Å²) in [6.07, 6.45) is 1.64. The smallest absolute Gasteiger partial charge is 0.249 e. The molecular weight excluding hydrogens is 426 g/mol. The van der Waals surface area contributed by atoms with Gasteiger partial charge in [-0.05, 0) is 32.3 Å². The molecule has 3 aromatic rings. The Labute approximate surface area is 178 Å². The minimum atomic E-state index is -3.90. The first kappa shape index (κ1) is 20.6. The summed E-state index contributed by atoms with van der Waals surface area (Å²) in [5.41, 5.74) is 1.38. The average Bonchev–Trinajstić information content (AvgIpc) is 3.43. The second-order valence-corrected chi connectivity index (χ2v) is 9.97. The molecule has 1 saturated heterocycles. The van der Waals surface area contributed by atoms with Crippen LogP contribution in [-0.2, 0) is 21.2 Å². The number of carbonyl (C=O) groups is 1. The lowest BCUT2D eigenvalue weighted by Gasteiger charge is -2.22. The molecule has 4 rings (SSSR count). The zero-order valence-corrected chi connectivity index (χ0v) is 18.2. The second kappa shape index (κ2) is 8.25. The summed E-state index contributed by atoms with van der Waals surface area (Å²) in [6.45, 7) is 3.39. The first-order chi connectivity index (χ1) is 14.4. The van der Waals surface area contributed by atoms with Gasteiger partial charge in [0.2, 0.25) is 21.1 Å². The third-order valence-electron chi connectivity index (χ3n) is 4.94. The molecule has 0 bridgehead atoms. The van der Waals surface area contributed by atoms with Crippen molar-refractivity contribution in [2.45, 2.75) is 44.0 Å². The van der Waals surface area contributed by atoms with Crippen LogP contribution in [0.1, 0.15) is 34.9 Å². The second-order valence-electron chi connectivity index (χ2n) is 7.08. The highest BCUT2D eigenvalue weighted by molar-refractivity contribution is 7.89. The largest absolute Gasteiger partial charge is 0.360 e. The molecule has 1 N–H and O–H groups in total. The number of anilines is 1. The molecule has 11 heteroatoms. The standard InChI is InChI=1S/C19H21N5O4S2/c1-12-17(13(2)28-23-12)30(26,27)24-10-6-9-15(24)18(25)20-19-22-21-16(29-19)11-14-7-4-3-5-8-14/h3-5,7-8,15H,6,9-11H2,1-2H3,(H,20,22,25)/t15-/m1/s1. The van der Waals surface area contributed by atoms with E-state index in [1.54, 1.807) is 13.8 Å². The van der Waals surface area contributed by atoms with Gasteiger partial charge in [0.25, 0.3) is 0 Å². The van der Waals surface area contributed by atoms with E-state index in [-0.39, 0.29) is 22.9 Å². The summed E-state index contributed by atoms with van der Waals surface area (Å²) >= 11 is 1.28.